The van der Waals surface area contributed by atoms with Crippen LogP contribution in [0.5, 0.6) is 0 Å². The van der Waals surface area contributed by atoms with Crippen LogP contribution in [0.25, 0.3) is 0 Å². The summed E-state index contributed by atoms with van der Waals surface area (Å²) in [5.41, 5.74) is -0.0955. The molecule has 0 spiro atoms. The number of aliphatic carboxylic acids is 2. The minimum atomic E-state index is -1.25. The highest BCUT2D eigenvalue weighted by Crippen LogP contribution is 2.05. The zero-order chi connectivity index (χ0) is 18.3. The van der Waals surface area contributed by atoms with E-state index in [1.165, 1.54) is 6.07 Å². The van der Waals surface area contributed by atoms with Crippen molar-refractivity contribution in [2.75, 3.05) is 11.5 Å². The van der Waals surface area contributed by atoms with E-state index >= 15 is 0 Å². The first-order valence-corrected chi connectivity index (χ1v) is 7.80. The second-order valence-electron chi connectivity index (χ2n) is 4.56. The summed E-state index contributed by atoms with van der Waals surface area (Å²) in [5.74, 6) is -4.23. The molecule has 130 valence electrons. The third-order valence-electron chi connectivity index (χ3n) is 2.83. The number of rotatable bonds is 8. The number of nitrogens with zero attached hydrogens (tertiary/aromatic N) is 1. The van der Waals surface area contributed by atoms with Gasteiger partial charge >= 0.3 is 11.9 Å². The summed E-state index contributed by atoms with van der Waals surface area (Å²) in [6, 6.07) is -1.22. The third kappa shape index (κ3) is 5.42. The molecule has 0 saturated heterocycles. The second-order valence-corrected chi connectivity index (χ2v) is 5.29. The van der Waals surface area contributed by atoms with E-state index in [0.29, 0.717) is 0 Å². The number of hydrogen-bond acceptors (Lipinski definition) is 7. The van der Waals surface area contributed by atoms with Gasteiger partial charge in [0.1, 0.15) is 12.1 Å². The molecule has 2 amide bonds. The van der Waals surface area contributed by atoms with Gasteiger partial charge in [-0.05, 0) is 6.07 Å². The van der Waals surface area contributed by atoms with Crippen molar-refractivity contribution in [3.63, 3.8) is 0 Å². The lowest BCUT2D eigenvalue weighted by molar-refractivity contribution is -0.139. The molecule has 0 fully saturated rings. The lowest BCUT2D eigenvalue weighted by atomic mass is 10.1. The quantitative estimate of drug-likeness (QED) is 0.331. The van der Waals surface area contributed by atoms with Crippen LogP contribution in [0.4, 0.5) is 0 Å². The van der Waals surface area contributed by atoms with Crippen molar-refractivity contribution in [2.45, 2.75) is 12.1 Å². The molecule has 0 unspecified atom stereocenters. The van der Waals surface area contributed by atoms with Crippen LogP contribution >= 0.6 is 25.3 Å². The first-order valence-electron chi connectivity index (χ1n) is 6.54. The predicted octanol–water partition coefficient (Wildman–Crippen LogP) is -0.693. The topological polar surface area (TPSA) is 146 Å². The Morgan fingerprint density at radius 3 is 1.58 bits per heavy atom. The number of hydrogen-bond donors (Lipinski definition) is 6. The number of carbonyl (C=O) groups is 4. The summed E-state index contributed by atoms with van der Waals surface area (Å²) >= 11 is 7.65. The minimum Gasteiger partial charge on any atom is -0.480 e. The molecule has 0 aliphatic carbocycles. The minimum absolute atomic E-state index is 0.0477. The highest BCUT2D eigenvalue weighted by molar-refractivity contribution is 7.80. The van der Waals surface area contributed by atoms with E-state index in [4.69, 9.17) is 10.2 Å². The van der Waals surface area contributed by atoms with Crippen LogP contribution in [0.15, 0.2) is 18.5 Å². The Morgan fingerprint density at radius 2 is 1.29 bits per heavy atom. The molecule has 24 heavy (non-hydrogen) atoms. The maximum atomic E-state index is 12.0. The van der Waals surface area contributed by atoms with Gasteiger partial charge in [0, 0.05) is 23.9 Å². The van der Waals surface area contributed by atoms with Crippen molar-refractivity contribution < 1.29 is 29.4 Å². The number of carboxylic acid groups (broad SMARTS) is 2. The molecule has 1 aromatic rings. The SMILES string of the molecule is O=C(N[C@@H](CS)C(=O)O)c1cncc(C(=O)N[C@@H](CS)C(=O)O)c1. The van der Waals surface area contributed by atoms with Gasteiger partial charge in [-0.15, -0.1) is 0 Å². The Labute approximate surface area is 147 Å². The molecule has 1 aromatic heterocycles. The smallest absolute Gasteiger partial charge is 0.327 e. The molecule has 0 saturated carbocycles. The van der Waals surface area contributed by atoms with Crippen molar-refractivity contribution >= 4 is 49.0 Å². The van der Waals surface area contributed by atoms with Gasteiger partial charge in [0.2, 0.25) is 0 Å². The van der Waals surface area contributed by atoms with E-state index in [-0.39, 0.29) is 22.6 Å². The average Bonchev–Trinajstić information content (AvgIpc) is 2.56. The maximum Gasteiger partial charge on any atom is 0.327 e. The fourth-order valence-electron chi connectivity index (χ4n) is 1.54. The Hall–Kier alpha value is -2.27. The van der Waals surface area contributed by atoms with Crippen molar-refractivity contribution in [1.82, 2.24) is 15.6 Å². The zero-order valence-corrected chi connectivity index (χ0v) is 14.0. The molecule has 0 radical (unpaired) electrons. The van der Waals surface area contributed by atoms with E-state index in [1.54, 1.807) is 0 Å². The standard InChI is InChI=1S/C13H15N3O6S2/c17-10(15-8(4-23)12(19)20)6-1-7(3-14-2-6)11(18)16-9(5-24)13(21)22/h1-3,8-9,23-24H,4-5H2,(H,15,17)(H,16,18)(H,19,20)(H,21,22)/t8-,9-/m0/s1. The number of amides is 2. The van der Waals surface area contributed by atoms with Gasteiger partial charge in [0.25, 0.3) is 11.8 Å². The van der Waals surface area contributed by atoms with Crippen molar-refractivity contribution in [2.24, 2.45) is 0 Å². The number of carboxylic acids is 2. The molecule has 0 aliphatic rings. The van der Waals surface area contributed by atoms with Crippen LogP contribution < -0.4 is 10.6 Å². The summed E-state index contributed by atoms with van der Waals surface area (Å²) in [7, 11) is 0. The summed E-state index contributed by atoms with van der Waals surface area (Å²) < 4.78 is 0. The first-order chi connectivity index (χ1) is 11.3. The Morgan fingerprint density at radius 1 is 0.917 bits per heavy atom. The third-order valence-corrected chi connectivity index (χ3v) is 3.56. The van der Waals surface area contributed by atoms with E-state index in [2.05, 4.69) is 40.9 Å². The Kier molecular flexibility index (Phi) is 7.52. The van der Waals surface area contributed by atoms with Crippen molar-refractivity contribution in [1.29, 1.82) is 0 Å². The van der Waals surface area contributed by atoms with Gasteiger partial charge in [-0.2, -0.15) is 25.3 Å². The molecule has 2 atom stereocenters. The number of aromatic nitrogens is 1. The molecule has 1 heterocycles. The van der Waals surface area contributed by atoms with Gasteiger partial charge in [-0.1, -0.05) is 0 Å². The molecule has 1 rings (SSSR count). The number of thiol groups is 2. The number of pyridine rings is 1. The summed E-state index contributed by atoms with van der Waals surface area (Å²) in [6.45, 7) is 0. The molecule has 0 bridgehead atoms. The number of nitrogens with one attached hydrogen (secondary N) is 2. The Bertz CT molecular complexity index is 603. The number of carbonyl (C=O) groups excluding carboxylic acids is 2. The van der Waals surface area contributed by atoms with Crippen molar-refractivity contribution in [3.8, 4) is 0 Å². The largest absolute Gasteiger partial charge is 0.480 e. The highest BCUT2D eigenvalue weighted by Gasteiger charge is 2.22. The molecular formula is C13H15N3O6S2. The van der Waals surface area contributed by atoms with Gasteiger partial charge in [-0.3, -0.25) is 14.6 Å². The van der Waals surface area contributed by atoms with Gasteiger partial charge in [-0.25, -0.2) is 9.59 Å². The van der Waals surface area contributed by atoms with Crippen LogP contribution in [0, 0.1) is 0 Å². The van der Waals surface area contributed by atoms with Gasteiger partial charge < -0.3 is 20.8 Å². The lowest BCUT2D eigenvalue weighted by Gasteiger charge is -2.13. The molecule has 11 heteroatoms. The molecule has 4 N–H and O–H groups in total. The van der Waals surface area contributed by atoms with Gasteiger partial charge in [0.15, 0.2) is 0 Å². The average molecular weight is 373 g/mol. The maximum absolute atomic E-state index is 12.0. The fraction of sp³-hybridized carbons (Fsp3) is 0.308. The van der Waals surface area contributed by atoms with Gasteiger partial charge in [0.05, 0.1) is 11.1 Å². The first kappa shape index (κ1) is 19.8. The second kappa shape index (κ2) is 9.13. The van der Waals surface area contributed by atoms with E-state index in [9.17, 15) is 19.2 Å². The van der Waals surface area contributed by atoms with Crippen LogP contribution in [-0.2, 0) is 9.59 Å². The van der Waals surface area contributed by atoms with E-state index < -0.39 is 35.8 Å². The zero-order valence-electron chi connectivity index (χ0n) is 12.2. The van der Waals surface area contributed by atoms with Crippen molar-refractivity contribution in [3.05, 3.63) is 29.6 Å². The van der Waals surface area contributed by atoms with Crippen LogP contribution in [0.1, 0.15) is 20.7 Å². The predicted molar refractivity (Wildman–Crippen MR) is 89.7 cm³/mol. The molecule has 0 aliphatic heterocycles. The summed E-state index contributed by atoms with van der Waals surface area (Å²) in [6.07, 6.45) is 2.30. The van der Waals surface area contributed by atoms with E-state index in [1.807, 2.05) is 0 Å². The van der Waals surface area contributed by atoms with E-state index in [0.717, 1.165) is 12.4 Å². The molecule has 0 aromatic carbocycles. The van der Waals surface area contributed by atoms with Crippen LogP contribution in [0.2, 0.25) is 0 Å². The van der Waals surface area contributed by atoms with Crippen LogP contribution in [-0.4, -0.2) is 62.5 Å². The normalized spacial score (nSPS) is 12.8. The molecular weight excluding hydrogens is 358 g/mol. The lowest BCUT2D eigenvalue weighted by Crippen LogP contribution is -2.43. The fourth-order valence-corrected chi connectivity index (χ4v) is 2.04. The molecule has 9 nitrogen and oxygen atoms in total. The summed E-state index contributed by atoms with van der Waals surface area (Å²) in [4.78, 5) is 49.5. The van der Waals surface area contributed by atoms with Crippen LogP contribution in [0.3, 0.4) is 0 Å². The monoisotopic (exact) mass is 373 g/mol. The Balaban J connectivity index is 2.89. The summed E-state index contributed by atoms with van der Waals surface area (Å²) in [5, 5.41) is 22.2. The highest BCUT2D eigenvalue weighted by atomic mass is 32.1.